The van der Waals surface area contributed by atoms with Gasteiger partial charge in [0.05, 0.1) is 13.2 Å². The molecule has 4 aromatic rings. The Morgan fingerprint density at radius 2 is 1.78 bits per heavy atom. The van der Waals surface area contributed by atoms with Gasteiger partial charge in [-0.3, -0.25) is 10.2 Å². The van der Waals surface area contributed by atoms with Crippen molar-refractivity contribution in [2.45, 2.75) is 37.6 Å². The van der Waals surface area contributed by atoms with Gasteiger partial charge in [-0.25, -0.2) is 10.4 Å². The van der Waals surface area contributed by atoms with Crippen molar-refractivity contribution < 1.29 is 19.4 Å². The third-order valence-electron chi connectivity index (χ3n) is 7.37. The third-order valence-corrected chi connectivity index (χ3v) is 7.61. The Bertz CT molecular complexity index is 1680. The van der Waals surface area contributed by atoms with E-state index in [2.05, 4.69) is 20.9 Å². The van der Waals surface area contributed by atoms with Crippen LogP contribution in [0.2, 0.25) is 5.02 Å². The molecule has 0 saturated heterocycles. The van der Waals surface area contributed by atoms with Crippen LogP contribution in [0.15, 0.2) is 113 Å². The first-order chi connectivity index (χ1) is 22.0. The fraction of sp³-hybridized carbons (Fsp3) is 0.235. The van der Waals surface area contributed by atoms with Crippen LogP contribution in [0.25, 0.3) is 10.4 Å². The van der Waals surface area contributed by atoms with Crippen molar-refractivity contribution in [3.8, 4) is 5.75 Å². The summed E-state index contributed by atoms with van der Waals surface area (Å²) >= 11 is 6.16. The van der Waals surface area contributed by atoms with Crippen LogP contribution in [-0.4, -0.2) is 35.7 Å². The first-order valence-corrected chi connectivity index (χ1v) is 14.9. The van der Waals surface area contributed by atoms with Gasteiger partial charge in [0.2, 0.25) is 5.90 Å². The molecule has 0 fully saturated rings. The molecule has 0 aromatic heterocycles. The van der Waals surface area contributed by atoms with Crippen LogP contribution in [0.5, 0.6) is 5.75 Å². The van der Waals surface area contributed by atoms with Crippen molar-refractivity contribution in [1.82, 2.24) is 10.9 Å². The van der Waals surface area contributed by atoms with Crippen LogP contribution < -0.4 is 15.6 Å². The summed E-state index contributed by atoms with van der Waals surface area (Å²) in [4.78, 5) is 22.4. The molecule has 10 nitrogen and oxygen atoms in total. The van der Waals surface area contributed by atoms with E-state index in [4.69, 9.17) is 36.7 Å². The standard InChI is InChI=1S/C34H33ClN6O4/c35-28-12-6-10-25(20-28)22-37-40-33(43)34(21-24-8-2-1-3-9-24)31(30-13-5-4-11-27(30)23-38-41-36)45-32(39-34)26-14-16-29(17-15-26)44-19-7-18-42/h1-6,8-17,20,31,37,42H,7,18-19,21-23H2,(H,40,43)/t31-,34-/m0/s1. The van der Waals surface area contributed by atoms with E-state index in [-0.39, 0.29) is 19.6 Å². The van der Waals surface area contributed by atoms with E-state index in [1.54, 1.807) is 18.2 Å². The highest BCUT2D eigenvalue weighted by Crippen LogP contribution is 2.43. The summed E-state index contributed by atoms with van der Waals surface area (Å²) in [6.07, 6.45) is -0.103. The van der Waals surface area contributed by atoms with Crippen LogP contribution in [0.3, 0.4) is 0 Å². The number of ether oxygens (including phenoxy) is 2. The van der Waals surface area contributed by atoms with Crippen molar-refractivity contribution in [3.05, 3.63) is 146 Å². The molecule has 5 rings (SSSR count). The highest BCUT2D eigenvalue weighted by molar-refractivity contribution is 6.30. The summed E-state index contributed by atoms with van der Waals surface area (Å²) in [5, 5.41) is 13.5. The van der Waals surface area contributed by atoms with E-state index >= 15 is 0 Å². The number of nitrogens with one attached hydrogen (secondary N) is 2. The van der Waals surface area contributed by atoms with E-state index < -0.39 is 17.6 Å². The Balaban J connectivity index is 1.55. The summed E-state index contributed by atoms with van der Waals surface area (Å²) in [7, 11) is 0. The average molecular weight is 625 g/mol. The fourth-order valence-electron chi connectivity index (χ4n) is 5.19. The minimum atomic E-state index is -1.44. The summed E-state index contributed by atoms with van der Waals surface area (Å²) in [5.74, 6) is 0.540. The van der Waals surface area contributed by atoms with Crippen molar-refractivity contribution in [2.24, 2.45) is 10.1 Å². The zero-order valence-corrected chi connectivity index (χ0v) is 25.2. The normalized spacial score (nSPS) is 17.1. The molecule has 3 N–H and O–H groups in total. The zero-order valence-electron chi connectivity index (χ0n) is 24.5. The quantitative estimate of drug-likeness (QED) is 0.0501. The van der Waals surface area contributed by atoms with Gasteiger partial charge in [-0.05, 0) is 64.2 Å². The van der Waals surface area contributed by atoms with Gasteiger partial charge in [0, 0.05) is 41.5 Å². The molecule has 0 saturated carbocycles. The second-order valence-corrected chi connectivity index (χ2v) is 10.9. The summed E-state index contributed by atoms with van der Waals surface area (Å²) in [6, 6.07) is 31.7. The Labute approximate surface area is 266 Å². The molecule has 1 heterocycles. The highest BCUT2D eigenvalue weighted by atomic mass is 35.5. The van der Waals surface area contributed by atoms with Crippen LogP contribution in [0.1, 0.15) is 40.3 Å². The van der Waals surface area contributed by atoms with Gasteiger partial charge in [0.15, 0.2) is 11.6 Å². The maximum Gasteiger partial charge on any atom is 0.266 e. The second-order valence-electron chi connectivity index (χ2n) is 10.5. The number of amides is 1. The number of aliphatic hydroxyl groups excluding tert-OH is 1. The topological polar surface area (TPSA) is 141 Å². The minimum Gasteiger partial charge on any atom is -0.494 e. The third kappa shape index (κ3) is 7.81. The number of rotatable bonds is 14. The predicted octanol–water partition coefficient (Wildman–Crippen LogP) is 6.23. The Morgan fingerprint density at radius 3 is 2.53 bits per heavy atom. The van der Waals surface area contributed by atoms with Crippen LogP contribution >= 0.6 is 11.6 Å². The highest BCUT2D eigenvalue weighted by Gasteiger charge is 2.53. The van der Waals surface area contributed by atoms with E-state index in [1.807, 2.05) is 84.9 Å². The van der Waals surface area contributed by atoms with Gasteiger partial charge in [0.1, 0.15) is 5.75 Å². The zero-order chi connectivity index (χ0) is 31.5. The van der Waals surface area contributed by atoms with Gasteiger partial charge >= 0.3 is 0 Å². The molecule has 1 amide bonds. The number of hydrogen-bond acceptors (Lipinski definition) is 7. The predicted molar refractivity (Wildman–Crippen MR) is 173 cm³/mol. The number of azide groups is 1. The van der Waals surface area contributed by atoms with Crippen molar-refractivity contribution in [2.75, 3.05) is 13.2 Å². The average Bonchev–Trinajstić information content (AvgIpc) is 3.45. The molecule has 2 atom stereocenters. The lowest BCUT2D eigenvalue weighted by Crippen LogP contribution is -2.53. The number of halogens is 1. The molecule has 0 bridgehead atoms. The van der Waals surface area contributed by atoms with Gasteiger partial charge < -0.3 is 14.6 Å². The fourth-order valence-corrected chi connectivity index (χ4v) is 5.40. The van der Waals surface area contributed by atoms with Gasteiger partial charge in [-0.2, -0.15) is 0 Å². The lowest BCUT2D eigenvalue weighted by molar-refractivity contribution is -0.130. The van der Waals surface area contributed by atoms with E-state index in [0.717, 1.165) is 16.7 Å². The molecular formula is C34H33ClN6O4. The van der Waals surface area contributed by atoms with E-state index in [1.165, 1.54) is 0 Å². The van der Waals surface area contributed by atoms with E-state index in [9.17, 15) is 4.79 Å². The lowest BCUT2D eigenvalue weighted by atomic mass is 9.81. The number of benzene rings is 4. The minimum absolute atomic E-state index is 0.0464. The molecule has 0 aliphatic carbocycles. The number of nitrogens with zero attached hydrogens (tertiary/aromatic N) is 4. The number of carbonyl (C=O) groups excluding carboxylic acids is 1. The molecule has 1 aliphatic heterocycles. The second kappa shape index (κ2) is 15.2. The van der Waals surface area contributed by atoms with Crippen LogP contribution in [-0.2, 0) is 29.0 Å². The summed E-state index contributed by atoms with van der Waals surface area (Å²) in [5.41, 5.74) is 17.4. The SMILES string of the molecule is [N-]=[N+]=NCc1ccccc1[C@@H]1OC(c2ccc(OCCCO)cc2)=N[C@]1(Cc1ccccc1)C(=O)NNCc1cccc(Cl)c1. The molecule has 0 spiro atoms. The Kier molecular flexibility index (Phi) is 10.7. The number of aliphatic imine (C=N–C) groups is 1. The van der Waals surface area contributed by atoms with Crippen molar-refractivity contribution >= 4 is 23.4 Å². The molecule has 4 aromatic carbocycles. The van der Waals surface area contributed by atoms with Gasteiger partial charge in [-0.15, -0.1) is 0 Å². The van der Waals surface area contributed by atoms with Crippen LogP contribution in [0, 0.1) is 0 Å². The number of hydrazine groups is 1. The van der Waals surface area contributed by atoms with Crippen LogP contribution in [0.4, 0.5) is 0 Å². The monoisotopic (exact) mass is 624 g/mol. The van der Waals surface area contributed by atoms with Crippen molar-refractivity contribution in [1.29, 1.82) is 0 Å². The lowest BCUT2D eigenvalue weighted by Gasteiger charge is -2.31. The molecular weight excluding hydrogens is 592 g/mol. The summed E-state index contributed by atoms with van der Waals surface area (Å²) < 4.78 is 12.3. The number of hydrogen-bond donors (Lipinski definition) is 3. The summed E-state index contributed by atoms with van der Waals surface area (Å²) in [6.45, 7) is 0.851. The van der Waals surface area contributed by atoms with Gasteiger partial charge in [0.25, 0.3) is 5.91 Å². The maximum absolute atomic E-state index is 14.4. The van der Waals surface area contributed by atoms with Gasteiger partial charge in [-0.1, -0.05) is 83.4 Å². The maximum atomic E-state index is 14.4. The molecule has 0 unspecified atom stereocenters. The van der Waals surface area contributed by atoms with Crippen molar-refractivity contribution in [3.63, 3.8) is 0 Å². The first kappa shape index (κ1) is 31.6. The number of aliphatic hydroxyl groups is 1. The molecule has 0 radical (unpaired) electrons. The molecule has 230 valence electrons. The molecule has 45 heavy (non-hydrogen) atoms. The van der Waals surface area contributed by atoms with E-state index in [0.29, 0.717) is 47.4 Å². The largest absolute Gasteiger partial charge is 0.494 e. The molecule has 11 heteroatoms. The molecule has 1 aliphatic rings. The number of carbonyl (C=O) groups is 1. The Hall–Kier alpha value is -4.86. The Morgan fingerprint density at radius 1 is 1.02 bits per heavy atom. The smallest absolute Gasteiger partial charge is 0.266 e. The first-order valence-electron chi connectivity index (χ1n) is 14.5.